The number of fused-ring (bicyclic) bond motifs is 2. The van der Waals surface area contributed by atoms with E-state index in [1.54, 1.807) is 4.90 Å². The number of hydrogen-bond donors (Lipinski definition) is 0. The van der Waals surface area contributed by atoms with E-state index in [4.69, 9.17) is 9.47 Å². The molecule has 0 radical (unpaired) electrons. The third-order valence-corrected chi connectivity index (χ3v) is 4.82. The van der Waals surface area contributed by atoms with E-state index in [2.05, 4.69) is 31.2 Å². The molecule has 0 bridgehead atoms. The summed E-state index contributed by atoms with van der Waals surface area (Å²) in [5.41, 5.74) is 2.02. The topological polar surface area (TPSA) is 38.8 Å². The molecule has 3 rings (SSSR count). The minimum atomic E-state index is -0.449. The molecule has 2 heterocycles. The molecule has 1 unspecified atom stereocenters. The van der Waals surface area contributed by atoms with Crippen molar-refractivity contribution in [3.8, 4) is 0 Å². The van der Waals surface area contributed by atoms with Gasteiger partial charge < -0.3 is 14.4 Å². The Bertz CT molecular complexity index is 583. The highest BCUT2D eigenvalue weighted by atomic mass is 16.6. The summed E-state index contributed by atoms with van der Waals surface area (Å²) in [4.78, 5) is 14.1. The number of rotatable bonds is 0. The van der Waals surface area contributed by atoms with Gasteiger partial charge in [0.25, 0.3) is 0 Å². The molecule has 1 aromatic carbocycles. The molecule has 4 heteroatoms. The van der Waals surface area contributed by atoms with E-state index in [1.807, 2.05) is 20.8 Å². The van der Waals surface area contributed by atoms with Gasteiger partial charge in [-0.1, -0.05) is 31.2 Å². The number of piperidine rings is 1. The van der Waals surface area contributed by atoms with Crippen LogP contribution in [0.15, 0.2) is 24.3 Å². The largest absolute Gasteiger partial charge is 0.444 e. The smallest absolute Gasteiger partial charge is 0.410 e. The van der Waals surface area contributed by atoms with Gasteiger partial charge >= 0.3 is 6.09 Å². The minimum Gasteiger partial charge on any atom is -0.444 e. The fourth-order valence-corrected chi connectivity index (χ4v) is 3.58. The summed E-state index contributed by atoms with van der Waals surface area (Å²) < 4.78 is 11.8. The zero-order chi connectivity index (χ0) is 16.7. The van der Waals surface area contributed by atoms with Gasteiger partial charge in [0.15, 0.2) is 0 Å². The van der Waals surface area contributed by atoms with Crippen molar-refractivity contribution in [3.63, 3.8) is 0 Å². The van der Waals surface area contributed by atoms with E-state index in [1.165, 1.54) is 11.1 Å². The molecule has 1 amide bonds. The summed E-state index contributed by atoms with van der Waals surface area (Å²) in [6.45, 7) is 10.0. The first kappa shape index (κ1) is 16.3. The van der Waals surface area contributed by atoms with Crippen LogP contribution < -0.4 is 0 Å². The first-order valence-electron chi connectivity index (χ1n) is 8.52. The number of benzene rings is 1. The summed E-state index contributed by atoms with van der Waals surface area (Å²) in [7, 11) is 0. The van der Waals surface area contributed by atoms with E-state index in [-0.39, 0.29) is 11.7 Å². The average molecular weight is 317 g/mol. The lowest BCUT2D eigenvalue weighted by Gasteiger charge is -2.46. The van der Waals surface area contributed by atoms with Crippen LogP contribution in [-0.4, -0.2) is 36.3 Å². The summed E-state index contributed by atoms with van der Waals surface area (Å²) >= 11 is 0. The van der Waals surface area contributed by atoms with Crippen molar-refractivity contribution < 1.29 is 14.3 Å². The van der Waals surface area contributed by atoms with Crippen molar-refractivity contribution in [2.45, 2.75) is 57.7 Å². The summed E-state index contributed by atoms with van der Waals surface area (Å²) in [5, 5.41) is 0. The van der Waals surface area contributed by atoms with Crippen LogP contribution in [0, 0.1) is 0 Å². The first-order chi connectivity index (χ1) is 10.8. The second-order valence-corrected chi connectivity index (χ2v) is 7.76. The maximum absolute atomic E-state index is 12.2. The highest BCUT2D eigenvalue weighted by molar-refractivity contribution is 5.68. The third kappa shape index (κ3) is 3.23. The highest BCUT2D eigenvalue weighted by Gasteiger charge is 2.43. The van der Waals surface area contributed by atoms with E-state index in [0.717, 1.165) is 19.4 Å². The molecule has 1 atom stereocenters. The van der Waals surface area contributed by atoms with Crippen LogP contribution in [0.25, 0.3) is 0 Å². The van der Waals surface area contributed by atoms with Gasteiger partial charge in [0.1, 0.15) is 5.60 Å². The SMILES string of the molecule is CC1COC2(CCN(C(=O)OC(C)(C)C)CC2)c2ccccc21. The van der Waals surface area contributed by atoms with Crippen molar-refractivity contribution in [3.05, 3.63) is 35.4 Å². The Morgan fingerprint density at radius 3 is 2.57 bits per heavy atom. The van der Waals surface area contributed by atoms with Crippen LogP contribution >= 0.6 is 0 Å². The number of nitrogens with zero attached hydrogens (tertiary/aromatic N) is 1. The molecule has 1 fully saturated rings. The van der Waals surface area contributed by atoms with Crippen LogP contribution in [-0.2, 0) is 15.1 Å². The van der Waals surface area contributed by atoms with Crippen molar-refractivity contribution >= 4 is 6.09 Å². The quantitative estimate of drug-likeness (QED) is 0.724. The molecule has 2 aliphatic rings. The number of likely N-dealkylation sites (tertiary alicyclic amines) is 1. The number of ether oxygens (including phenoxy) is 2. The molecule has 1 spiro atoms. The maximum Gasteiger partial charge on any atom is 0.410 e. The lowest BCUT2D eigenvalue weighted by Crippen LogP contribution is -2.49. The fourth-order valence-electron chi connectivity index (χ4n) is 3.58. The second kappa shape index (κ2) is 5.82. The number of hydrogen-bond acceptors (Lipinski definition) is 3. The van der Waals surface area contributed by atoms with Crippen LogP contribution in [0.2, 0.25) is 0 Å². The molecule has 2 aliphatic heterocycles. The lowest BCUT2D eigenvalue weighted by atomic mass is 9.77. The molecule has 1 saturated heterocycles. The molecule has 1 aromatic rings. The van der Waals surface area contributed by atoms with Gasteiger partial charge in [-0.15, -0.1) is 0 Å². The monoisotopic (exact) mass is 317 g/mol. The first-order valence-corrected chi connectivity index (χ1v) is 8.52. The van der Waals surface area contributed by atoms with Gasteiger partial charge in [-0.05, 0) is 44.7 Å². The normalized spacial score (nSPS) is 23.5. The van der Waals surface area contributed by atoms with Crippen molar-refractivity contribution in [1.82, 2.24) is 4.90 Å². The Balaban J connectivity index is 1.74. The van der Waals surface area contributed by atoms with E-state index >= 15 is 0 Å². The van der Waals surface area contributed by atoms with Crippen molar-refractivity contribution in [2.75, 3.05) is 19.7 Å². The molecule has 4 nitrogen and oxygen atoms in total. The average Bonchev–Trinajstić information content (AvgIpc) is 2.51. The maximum atomic E-state index is 12.2. The zero-order valence-corrected chi connectivity index (χ0v) is 14.6. The van der Waals surface area contributed by atoms with Gasteiger partial charge in [0, 0.05) is 19.0 Å². The Labute approximate surface area is 138 Å². The molecular weight excluding hydrogens is 290 g/mol. The zero-order valence-electron chi connectivity index (χ0n) is 14.6. The van der Waals surface area contributed by atoms with Gasteiger partial charge in [-0.2, -0.15) is 0 Å². The summed E-state index contributed by atoms with van der Waals surface area (Å²) in [6.07, 6.45) is 1.44. The van der Waals surface area contributed by atoms with Gasteiger partial charge in [-0.3, -0.25) is 0 Å². The Morgan fingerprint density at radius 2 is 1.91 bits per heavy atom. The van der Waals surface area contributed by atoms with Gasteiger partial charge in [0.05, 0.1) is 12.2 Å². The summed E-state index contributed by atoms with van der Waals surface area (Å²) in [6, 6.07) is 8.59. The molecule has 0 aromatic heterocycles. The van der Waals surface area contributed by atoms with Crippen LogP contribution in [0.4, 0.5) is 4.79 Å². The molecule has 23 heavy (non-hydrogen) atoms. The van der Waals surface area contributed by atoms with Gasteiger partial charge in [0.2, 0.25) is 0 Å². The minimum absolute atomic E-state index is 0.218. The lowest BCUT2D eigenvalue weighted by molar-refractivity contribution is -0.104. The van der Waals surface area contributed by atoms with Gasteiger partial charge in [-0.25, -0.2) is 4.79 Å². The van der Waals surface area contributed by atoms with Crippen molar-refractivity contribution in [2.24, 2.45) is 0 Å². The molecular formula is C19H27NO3. The molecule has 0 saturated carbocycles. The Hall–Kier alpha value is -1.55. The highest BCUT2D eigenvalue weighted by Crippen LogP contribution is 2.44. The number of amides is 1. The molecule has 126 valence electrons. The predicted octanol–water partition coefficient (Wildman–Crippen LogP) is 4.05. The Kier molecular flexibility index (Phi) is 4.13. The number of carbonyl (C=O) groups excluding carboxylic acids is 1. The third-order valence-electron chi connectivity index (χ3n) is 4.82. The Morgan fingerprint density at radius 1 is 1.26 bits per heavy atom. The summed E-state index contributed by atoms with van der Waals surface area (Å²) in [5.74, 6) is 0.431. The standard InChI is InChI=1S/C19H27NO3/c1-14-13-22-19(16-8-6-5-7-15(14)16)9-11-20(12-10-19)17(21)23-18(2,3)4/h5-8,14H,9-13H2,1-4H3. The second-order valence-electron chi connectivity index (χ2n) is 7.76. The van der Waals surface area contributed by atoms with Crippen LogP contribution in [0.3, 0.4) is 0 Å². The molecule has 0 N–H and O–H groups in total. The van der Waals surface area contributed by atoms with E-state index in [0.29, 0.717) is 19.0 Å². The van der Waals surface area contributed by atoms with Crippen molar-refractivity contribution in [1.29, 1.82) is 0 Å². The predicted molar refractivity (Wildman–Crippen MR) is 89.5 cm³/mol. The molecule has 0 aliphatic carbocycles. The van der Waals surface area contributed by atoms with Crippen LogP contribution in [0.1, 0.15) is 57.6 Å². The van der Waals surface area contributed by atoms with E-state index in [9.17, 15) is 4.79 Å². The van der Waals surface area contributed by atoms with E-state index < -0.39 is 5.60 Å². The number of carbonyl (C=O) groups is 1. The fraction of sp³-hybridized carbons (Fsp3) is 0.632. The van der Waals surface area contributed by atoms with Crippen LogP contribution in [0.5, 0.6) is 0 Å².